The van der Waals surface area contributed by atoms with Crippen molar-refractivity contribution in [3.63, 3.8) is 0 Å². The van der Waals surface area contributed by atoms with Gasteiger partial charge in [-0.05, 0) is 55.3 Å². The monoisotopic (exact) mass is 770 g/mol. The first-order chi connectivity index (χ1) is 25.5. The van der Waals surface area contributed by atoms with Crippen molar-refractivity contribution in [2.24, 2.45) is 0 Å². The standard InChI is InChI=1S/C35H46O19/c1-14-24(40)26(42)29(45)33(50-14)49-13-22-25(41)27(43)30(46)35(53-22)54-32-15(2)51-34(31(47)28(32)44)52-21-7-4-17(12-20(21)38)9-10-48-23(39)8-5-16-3-6-18(36)19(37)11-16/h3-8,11-12,14-15,22,24-38,40-47H,9-10,13H2,1-2H3/b8-5+/t14-,15-,22+,24-,25-,26+,27-,28-,29+,30+,31+,32-,33+,34-,35-/m0/s1. The molecular weight excluding hydrogens is 724 g/mol. The van der Waals surface area contributed by atoms with Crippen LogP contribution in [0.3, 0.4) is 0 Å². The first-order valence-electron chi connectivity index (χ1n) is 17.1. The van der Waals surface area contributed by atoms with Crippen LogP contribution >= 0.6 is 0 Å². The van der Waals surface area contributed by atoms with E-state index < -0.39 is 105 Å². The molecule has 5 rings (SSSR count). The maximum absolute atomic E-state index is 12.1. The summed E-state index contributed by atoms with van der Waals surface area (Å²) in [6, 6.07) is 8.31. The molecule has 0 saturated carbocycles. The number of ether oxygens (including phenoxy) is 7. The summed E-state index contributed by atoms with van der Waals surface area (Å²) >= 11 is 0. The van der Waals surface area contributed by atoms with Gasteiger partial charge < -0.3 is 89.3 Å². The summed E-state index contributed by atoms with van der Waals surface area (Å²) < 4.78 is 38.7. The lowest BCUT2D eigenvalue weighted by Crippen LogP contribution is -2.64. The first-order valence-corrected chi connectivity index (χ1v) is 17.1. The van der Waals surface area contributed by atoms with E-state index in [1.54, 1.807) is 6.07 Å². The highest BCUT2D eigenvalue weighted by molar-refractivity contribution is 5.87. The lowest BCUT2D eigenvalue weighted by molar-refractivity contribution is -0.356. The molecule has 3 saturated heterocycles. The van der Waals surface area contributed by atoms with Crippen LogP contribution in [-0.4, -0.2) is 167 Å². The Labute approximate surface area is 308 Å². The molecular formula is C35H46O19. The van der Waals surface area contributed by atoms with Gasteiger partial charge in [0.25, 0.3) is 0 Å². The van der Waals surface area contributed by atoms with Gasteiger partial charge in [-0.15, -0.1) is 0 Å². The fourth-order valence-electron chi connectivity index (χ4n) is 6.02. The SMILES string of the molecule is C[C@@H]1O[C@@H](OC[C@H]2O[C@@H](O[C@@H]3[C@@H](O)[C@@H](O)[C@H](Oc4ccc(CCOC(=O)/C=C/c5ccc(O)c(O)c5)cc4O)O[C@H]3C)[C@H](O)[C@@H](O)[C@H]2O)[C@H](O)[C@H](O)[C@H]1O. The van der Waals surface area contributed by atoms with E-state index in [0.29, 0.717) is 11.1 Å². The number of aliphatic hydroxyl groups excluding tert-OH is 8. The van der Waals surface area contributed by atoms with Crippen molar-refractivity contribution >= 4 is 12.0 Å². The van der Waals surface area contributed by atoms with Crippen molar-refractivity contribution in [3.05, 3.63) is 53.6 Å². The highest BCUT2D eigenvalue weighted by Gasteiger charge is 2.51. The summed E-state index contributed by atoms with van der Waals surface area (Å²) in [5.41, 5.74) is 1.02. The number of esters is 1. The highest BCUT2D eigenvalue weighted by Crippen LogP contribution is 2.34. The zero-order valence-electron chi connectivity index (χ0n) is 29.1. The van der Waals surface area contributed by atoms with Crippen LogP contribution in [0.25, 0.3) is 6.08 Å². The van der Waals surface area contributed by atoms with E-state index >= 15 is 0 Å². The summed E-state index contributed by atoms with van der Waals surface area (Å²) in [6.07, 6.45) is -20.2. The minimum Gasteiger partial charge on any atom is -0.504 e. The van der Waals surface area contributed by atoms with Gasteiger partial charge in [0.05, 0.1) is 25.4 Å². The molecule has 0 unspecified atom stereocenters. The summed E-state index contributed by atoms with van der Waals surface area (Å²) in [4.78, 5) is 12.1. The van der Waals surface area contributed by atoms with Crippen LogP contribution in [0.15, 0.2) is 42.5 Å². The molecule has 0 amide bonds. The molecule has 2 aromatic carbocycles. The van der Waals surface area contributed by atoms with Gasteiger partial charge in [-0.25, -0.2) is 4.79 Å². The third kappa shape index (κ3) is 9.58. The smallest absolute Gasteiger partial charge is 0.330 e. The number of benzene rings is 2. The van der Waals surface area contributed by atoms with Crippen LogP contribution in [0.5, 0.6) is 23.0 Å². The van der Waals surface area contributed by atoms with Gasteiger partial charge >= 0.3 is 5.97 Å². The second-order valence-corrected chi connectivity index (χ2v) is 13.2. The van der Waals surface area contributed by atoms with Gasteiger partial charge in [-0.3, -0.25) is 0 Å². The predicted octanol–water partition coefficient (Wildman–Crippen LogP) is -2.52. The van der Waals surface area contributed by atoms with E-state index in [2.05, 4.69) is 0 Å². The Morgan fingerprint density at radius 2 is 1.35 bits per heavy atom. The fraction of sp³-hybridized carbons (Fsp3) is 0.571. The molecule has 0 spiro atoms. The maximum atomic E-state index is 12.1. The van der Waals surface area contributed by atoms with E-state index in [4.69, 9.17) is 33.2 Å². The molecule has 54 heavy (non-hydrogen) atoms. The Morgan fingerprint density at radius 1 is 0.685 bits per heavy atom. The zero-order valence-corrected chi connectivity index (χ0v) is 29.1. The van der Waals surface area contributed by atoms with Gasteiger partial charge in [-0.2, -0.15) is 0 Å². The van der Waals surface area contributed by atoms with E-state index in [0.717, 1.165) is 6.08 Å². The van der Waals surface area contributed by atoms with E-state index in [1.807, 2.05) is 0 Å². The second-order valence-electron chi connectivity index (χ2n) is 13.2. The van der Waals surface area contributed by atoms with Crippen molar-refractivity contribution in [2.45, 2.75) is 112 Å². The normalized spacial score (nSPS) is 37.3. The van der Waals surface area contributed by atoms with Crippen molar-refractivity contribution in [1.29, 1.82) is 0 Å². The molecule has 300 valence electrons. The average molecular weight is 771 g/mol. The number of phenols is 3. The molecule has 19 heteroatoms. The lowest BCUT2D eigenvalue weighted by Gasteiger charge is -2.46. The summed E-state index contributed by atoms with van der Waals surface area (Å²) in [6.45, 7) is 2.30. The second kappa shape index (κ2) is 17.9. The quantitative estimate of drug-likeness (QED) is 0.0603. The summed E-state index contributed by atoms with van der Waals surface area (Å²) in [5, 5.41) is 113. The summed E-state index contributed by atoms with van der Waals surface area (Å²) in [5.74, 6) is -1.77. The molecule has 0 aromatic heterocycles. The Bertz CT molecular complexity index is 1590. The molecule has 0 aliphatic carbocycles. The molecule has 0 bridgehead atoms. The Kier molecular flexibility index (Phi) is 13.7. The van der Waals surface area contributed by atoms with Crippen molar-refractivity contribution in [3.8, 4) is 23.0 Å². The van der Waals surface area contributed by atoms with Gasteiger partial charge in [0.2, 0.25) is 6.29 Å². The number of phenolic OH excluding ortho intramolecular Hbond substituents is 3. The first kappa shape index (κ1) is 41.5. The Hall–Kier alpha value is -3.67. The Morgan fingerprint density at radius 3 is 2.06 bits per heavy atom. The number of hydrogen-bond donors (Lipinski definition) is 11. The minimum atomic E-state index is -1.84. The Balaban J connectivity index is 1.12. The highest BCUT2D eigenvalue weighted by atomic mass is 16.8. The molecule has 19 nitrogen and oxygen atoms in total. The predicted molar refractivity (Wildman–Crippen MR) is 178 cm³/mol. The molecule has 3 heterocycles. The van der Waals surface area contributed by atoms with Gasteiger partial charge in [-0.1, -0.05) is 12.1 Å². The number of rotatable bonds is 12. The van der Waals surface area contributed by atoms with Crippen molar-refractivity contribution in [1.82, 2.24) is 0 Å². The van der Waals surface area contributed by atoms with Crippen molar-refractivity contribution < 1.29 is 94.1 Å². The molecule has 0 radical (unpaired) electrons. The molecule has 11 N–H and O–H groups in total. The summed E-state index contributed by atoms with van der Waals surface area (Å²) in [7, 11) is 0. The number of carbonyl (C=O) groups is 1. The van der Waals surface area contributed by atoms with Gasteiger partial charge in [0.15, 0.2) is 35.6 Å². The molecule has 2 aromatic rings. The van der Waals surface area contributed by atoms with Gasteiger partial charge in [0, 0.05) is 12.5 Å². The third-order valence-electron chi connectivity index (χ3n) is 9.28. The van der Waals surface area contributed by atoms with E-state index in [-0.39, 0.29) is 36.0 Å². The third-order valence-corrected chi connectivity index (χ3v) is 9.28. The number of hydrogen-bond acceptors (Lipinski definition) is 19. The molecule has 3 fully saturated rings. The minimum absolute atomic E-state index is 0.0468. The molecule has 15 atom stereocenters. The van der Waals surface area contributed by atoms with Gasteiger partial charge in [0.1, 0.15) is 61.0 Å². The average Bonchev–Trinajstić information content (AvgIpc) is 3.14. The topological polar surface area (TPSA) is 304 Å². The van der Waals surface area contributed by atoms with E-state index in [1.165, 1.54) is 50.3 Å². The van der Waals surface area contributed by atoms with E-state index in [9.17, 15) is 61.0 Å². The maximum Gasteiger partial charge on any atom is 0.330 e. The molecule has 3 aliphatic rings. The van der Waals surface area contributed by atoms with Crippen LogP contribution in [0, 0.1) is 0 Å². The fourth-order valence-corrected chi connectivity index (χ4v) is 6.02. The zero-order chi connectivity index (χ0) is 39.4. The van der Waals surface area contributed by atoms with Crippen LogP contribution in [0.1, 0.15) is 25.0 Å². The van der Waals surface area contributed by atoms with Crippen LogP contribution in [-0.2, 0) is 39.6 Å². The number of aliphatic hydroxyl groups is 8. The molecule has 3 aliphatic heterocycles. The number of aromatic hydroxyl groups is 3. The van der Waals surface area contributed by atoms with Crippen LogP contribution in [0.2, 0.25) is 0 Å². The van der Waals surface area contributed by atoms with Crippen molar-refractivity contribution in [2.75, 3.05) is 13.2 Å². The lowest BCUT2D eigenvalue weighted by atomic mass is 9.97. The number of carbonyl (C=O) groups excluding carboxylic acids is 1. The van der Waals surface area contributed by atoms with Crippen LogP contribution in [0.4, 0.5) is 0 Å². The largest absolute Gasteiger partial charge is 0.504 e. The van der Waals surface area contributed by atoms with Crippen LogP contribution < -0.4 is 4.74 Å².